The minimum atomic E-state index is -7.78. The van der Waals surface area contributed by atoms with Gasteiger partial charge in [0.05, 0.1) is 0 Å². The van der Waals surface area contributed by atoms with Crippen molar-refractivity contribution in [2.45, 2.75) is 42.4 Å². The number of halogens is 15. The number of rotatable bonds is 6. The van der Waals surface area contributed by atoms with Gasteiger partial charge >= 0.3 is 36.2 Å². The molecular formula is C8H3F15O. The van der Waals surface area contributed by atoms with Gasteiger partial charge in [-0.3, -0.25) is 0 Å². The normalized spacial score (nSPS) is 17.1. The van der Waals surface area contributed by atoms with Crippen LogP contribution in [0.2, 0.25) is 0 Å². The molecule has 0 rings (SSSR count). The van der Waals surface area contributed by atoms with Crippen molar-refractivity contribution in [3.8, 4) is 0 Å². The summed E-state index contributed by atoms with van der Waals surface area (Å²) in [6.45, 7) is -3.18. The lowest BCUT2D eigenvalue weighted by atomic mass is 9.99. The van der Waals surface area contributed by atoms with Gasteiger partial charge in [-0.1, -0.05) is 0 Å². The molecule has 0 N–H and O–H groups in total. The molecular weight excluding hydrogens is 397 g/mol. The standard InChI is InChI=1S/C8H3F15O/c9-2(5(15,16)24-1-3(10,11)12)4(13,14)6(17,18)7(19,20)8(21,22)23/h2H,1H2. The topological polar surface area (TPSA) is 9.23 Å². The maximum absolute atomic E-state index is 12.8. The Hall–Kier alpha value is -1.09. The van der Waals surface area contributed by atoms with Crippen LogP contribution in [0.3, 0.4) is 0 Å². The van der Waals surface area contributed by atoms with Gasteiger partial charge in [0, 0.05) is 0 Å². The van der Waals surface area contributed by atoms with E-state index >= 15 is 0 Å². The van der Waals surface area contributed by atoms with E-state index in [4.69, 9.17) is 0 Å². The molecule has 0 aromatic carbocycles. The lowest BCUT2D eigenvalue weighted by Crippen LogP contribution is -2.66. The summed E-state index contributed by atoms with van der Waals surface area (Å²) in [6, 6.07) is 0. The average Bonchev–Trinajstić information content (AvgIpc) is 2.32. The molecule has 0 aromatic rings. The molecule has 0 aliphatic rings. The van der Waals surface area contributed by atoms with Gasteiger partial charge < -0.3 is 4.74 Å². The van der Waals surface area contributed by atoms with Gasteiger partial charge in [0.15, 0.2) is 0 Å². The first-order chi connectivity index (χ1) is 10.1. The van der Waals surface area contributed by atoms with E-state index in [2.05, 4.69) is 4.74 Å². The second-order valence-electron chi connectivity index (χ2n) is 4.10. The fourth-order valence-electron chi connectivity index (χ4n) is 1.01. The quantitative estimate of drug-likeness (QED) is 0.573. The maximum Gasteiger partial charge on any atom is 0.460 e. The fraction of sp³-hybridized carbons (Fsp3) is 1.00. The van der Waals surface area contributed by atoms with Gasteiger partial charge in [-0.05, 0) is 0 Å². The monoisotopic (exact) mass is 400 g/mol. The van der Waals surface area contributed by atoms with Gasteiger partial charge in [0.25, 0.3) is 6.17 Å². The van der Waals surface area contributed by atoms with Crippen molar-refractivity contribution in [2.24, 2.45) is 0 Å². The Morgan fingerprint density at radius 1 is 0.625 bits per heavy atom. The minimum absolute atomic E-state index is 2.26. The number of hydrogen-bond donors (Lipinski definition) is 0. The Labute approximate surface area is 121 Å². The molecule has 1 atom stereocenters. The highest BCUT2D eigenvalue weighted by Gasteiger charge is 2.85. The molecule has 0 amide bonds. The number of alkyl halides is 15. The molecule has 1 nitrogen and oxygen atoms in total. The van der Waals surface area contributed by atoms with E-state index in [-0.39, 0.29) is 0 Å². The number of ether oxygens (including phenoxy) is 1. The molecule has 0 saturated heterocycles. The van der Waals surface area contributed by atoms with Crippen LogP contribution in [-0.2, 0) is 4.74 Å². The van der Waals surface area contributed by atoms with Crippen LogP contribution in [-0.4, -0.2) is 49.0 Å². The van der Waals surface area contributed by atoms with Crippen LogP contribution in [0, 0.1) is 0 Å². The van der Waals surface area contributed by atoms with Gasteiger partial charge in [0.2, 0.25) is 0 Å². The zero-order chi connectivity index (χ0) is 20.0. The van der Waals surface area contributed by atoms with Crippen molar-refractivity contribution in [1.82, 2.24) is 0 Å². The lowest BCUT2D eigenvalue weighted by Gasteiger charge is -2.36. The van der Waals surface area contributed by atoms with Crippen molar-refractivity contribution >= 4 is 0 Å². The molecule has 0 saturated carbocycles. The predicted molar refractivity (Wildman–Crippen MR) is 42.7 cm³/mol. The number of hydrogen-bond acceptors (Lipinski definition) is 1. The van der Waals surface area contributed by atoms with E-state index in [1.165, 1.54) is 0 Å². The fourth-order valence-corrected chi connectivity index (χ4v) is 1.01. The summed E-state index contributed by atoms with van der Waals surface area (Å²) in [5.41, 5.74) is 0. The van der Waals surface area contributed by atoms with Crippen molar-refractivity contribution in [3.05, 3.63) is 0 Å². The molecule has 16 heteroatoms. The highest BCUT2D eigenvalue weighted by molar-refractivity contribution is 5.05. The van der Waals surface area contributed by atoms with Crippen LogP contribution in [0.5, 0.6) is 0 Å². The highest BCUT2D eigenvalue weighted by atomic mass is 19.4. The van der Waals surface area contributed by atoms with Crippen LogP contribution in [0.4, 0.5) is 65.9 Å². The predicted octanol–water partition coefficient (Wildman–Crippen LogP) is 4.96. The van der Waals surface area contributed by atoms with E-state index < -0.39 is 49.0 Å². The Morgan fingerprint density at radius 2 is 1.00 bits per heavy atom. The molecule has 0 fully saturated rings. The summed E-state index contributed by atoms with van der Waals surface area (Å²) >= 11 is 0. The van der Waals surface area contributed by atoms with Gasteiger partial charge in [-0.2, -0.15) is 61.5 Å². The van der Waals surface area contributed by atoms with Gasteiger partial charge in [0.1, 0.15) is 6.61 Å². The van der Waals surface area contributed by atoms with Crippen LogP contribution >= 0.6 is 0 Å². The molecule has 0 radical (unpaired) electrons. The Kier molecular flexibility index (Phi) is 5.74. The molecule has 0 heterocycles. The van der Waals surface area contributed by atoms with Gasteiger partial charge in [-0.15, -0.1) is 0 Å². The average molecular weight is 400 g/mol. The van der Waals surface area contributed by atoms with E-state index in [0.29, 0.717) is 0 Å². The van der Waals surface area contributed by atoms with Crippen LogP contribution in [0.25, 0.3) is 0 Å². The van der Waals surface area contributed by atoms with Crippen LogP contribution < -0.4 is 0 Å². The first-order valence-corrected chi connectivity index (χ1v) is 5.04. The zero-order valence-electron chi connectivity index (χ0n) is 10.4. The van der Waals surface area contributed by atoms with Crippen LogP contribution in [0.15, 0.2) is 0 Å². The molecule has 0 aromatic heterocycles. The largest absolute Gasteiger partial charge is 0.460 e. The zero-order valence-corrected chi connectivity index (χ0v) is 10.4. The third kappa shape index (κ3) is 4.11. The summed E-state index contributed by atoms with van der Waals surface area (Å²) in [7, 11) is 0. The minimum Gasteiger partial charge on any atom is -0.308 e. The molecule has 0 bridgehead atoms. The van der Waals surface area contributed by atoms with Crippen molar-refractivity contribution in [2.75, 3.05) is 6.61 Å². The smallest absolute Gasteiger partial charge is 0.308 e. The lowest BCUT2D eigenvalue weighted by molar-refractivity contribution is -0.424. The molecule has 146 valence electrons. The van der Waals surface area contributed by atoms with E-state index in [1.807, 2.05) is 0 Å². The Balaban J connectivity index is 5.71. The highest BCUT2D eigenvalue weighted by Crippen LogP contribution is 2.56. The molecule has 0 aliphatic heterocycles. The van der Waals surface area contributed by atoms with Crippen molar-refractivity contribution < 1.29 is 70.6 Å². The molecule has 24 heavy (non-hydrogen) atoms. The summed E-state index contributed by atoms with van der Waals surface area (Å²) in [5, 5.41) is 0. The third-order valence-corrected chi connectivity index (χ3v) is 2.21. The molecule has 0 spiro atoms. The maximum atomic E-state index is 12.8. The van der Waals surface area contributed by atoms with Crippen molar-refractivity contribution in [3.63, 3.8) is 0 Å². The second-order valence-corrected chi connectivity index (χ2v) is 4.10. The molecule has 1 unspecified atom stereocenters. The summed E-state index contributed by atoms with van der Waals surface area (Å²) in [6.07, 6.45) is -25.6. The van der Waals surface area contributed by atoms with Crippen LogP contribution in [0.1, 0.15) is 0 Å². The summed E-state index contributed by atoms with van der Waals surface area (Å²) < 4.78 is 185. The summed E-state index contributed by atoms with van der Waals surface area (Å²) in [5.74, 6) is -22.9. The first kappa shape index (κ1) is 22.9. The second kappa shape index (κ2) is 6.01. The molecule has 0 aliphatic carbocycles. The third-order valence-electron chi connectivity index (χ3n) is 2.21. The summed E-state index contributed by atoms with van der Waals surface area (Å²) in [4.78, 5) is 0. The van der Waals surface area contributed by atoms with Crippen molar-refractivity contribution in [1.29, 1.82) is 0 Å². The van der Waals surface area contributed by atoms with E-state index in [1.54, 1.807) is 0 Å². The Morgan fingerprint density at radius 3 is 1.29 bits per heavy atom. The van der Waals surface area contributed by atoms with E-state index in [0.717, 1.165) is 0 Å². The van der Waals surface area contributed by atoms with E-state index in [9.17, 15) is 65.9 Å². The first-order valence-electron chi connectivity index (χ1n) is 5.04. The Bertz CT molecular complexity index is 432. The van der Waals surface area contributed by atoms with Gasteiger partial charge in [-0.25, -0.2) is 4.39 Å². The SMILES string of the molecule is FC(C(F)(F)OCC(F)(F)F)C(F)(F)C(F)(F)C(F)(F)C(F)(F)F.